The molecule has 2 N–H and O–H groups in total. The number of rotatable bonds is 5. The van der Waals surface area contributed by atoms with Crippen LogP contribution in [0.3, 0.4) is 0 Å². The maximum absolute atomic E-state index is 14.2. The number of amides is 2. The lowest BCUT2D eigenvalue weighted by atomic mass is 10.0. The van der Waals surface area contributed by atoms with Crippen molar-refractivity contribution in [1.82, 2.24) is 19.9 Å². The first kappa shape index (κ1) is 23.1. The molecular formula is C21H19F4N7O2. The van der Waals surface area contributed by atoms with Crippen LogP contribution in [0.5, 0.6) is 5.88 Å². The van der Waals surface area contributed by atoms with Crippen LogP contribution in [0.1, 0.15) is 23.9 Å². The van der Waals surface area contributed by atoms with Gasteiger partial charge in [-0.25, -0.2) is 28.0 Å². The van der Waals surface area contributed by atoms with E-state index in [9.17, 15) is 22.4 Å². The van der Waals surface area contributed by atoms with Crippen molar-refractivity contribution in [3.63, 3.8) is 0 Å². The molecule has 0 bridgehead atoms. The van der Waals surface area contributed by atoms with Crippen molar-refractivity contribution in [3.05, 3.63) is 65.3 Å². The lowest BCUT2D eigenvalue weighted by Gasteiger charge is -2.40. The highest BCUT2D eigenvalue weighted by Gasteiger charge is 2.39. The number of nitrogens with zero attached hydrogens (tertiary/aromatic N) is 6. The summed E-state index contributed by atoms with van der Waals surface area (Å²) in [6.07, 6.45) is 2.67. The quantitative estimate of drug-likeness (QED) is 0.526. The lowest BCUT2D eigenvalue weighted by Crippen LogP contribution is -2.59. The van der Waals surface area contributed by atoms with Gasteiger partial charge in [0.05, 0.1) is 25.3 Å². The summed E-state index contributed by atoms with van der Waals surface area (Å²) in [5.41, 5.74) is 5.16. The number of benzene rings is 1. The van der Waals surface area contributed by atoms with Crippen molar-refractivity contribution in [2.24, 2.45) is 15.8 Å². The van der Waals surface area contributed by atoms with Crippen molar-refractivity contribution < 1.29 is 27.1 Å². The van der Waals surface area contributed by atoms with Crippen LogP contribution >= 0.6 is 0 Å². The zero-order chi connectivity index (χ0) is 24.4. The Balaban J connectivity index is 1.41. The van der Waals surface area contributed by atoms with Crippen LogP contribution in [0, 0.1) is 17.5 Å². The summed E-state index contributed by atoms with van der Waals surface area (Å²) in [6.45, 7) is 0.166. The monoisotopic (exact) mass is 477 g/mol. The molecule has 9 nitrogen and oxygen atoms in total. The summed E-state index contributed by atoms with van der Waals surface area (Å²) in [5.74, 6) is -3.92. The Morgan fingerprint density at radius 2 is 1.94 bits per heavy atom. The van der Waals surface area contributed by atoms with Gasteiger partial charge in [0.15, 0.2) is 11.7 Å². The van der Waals surface area contributed by atoms with Crippen molar-refractivity contribution in [2.45, 2.75) is 18.6 Å². The number of carbonyl (C=O) groups excluding carboxylic acids is 1. The Hall–Kier alpha value is -4.03. The Bertz CT molecular complexity index is 1180. The Labute approximate surface area is 191 Å². The van der Waals surface area contributed by atoms with E-state index in [-0.39, 0.29) is 30.2 Å². The Kier molecular flexibility index (Phi) is 6.43. The average Bonchev–Trinajstić information content (AvgIpc) is 3.27. The van der Waals surface area contributed by atoms with Crippen LogP contribution in [0.25, 0.3) is 0 Å². The Morgan fingerprint density at radius 3 is 2.59 bits per heavy atom. The topological polar surface area (TPSA) is 109 Å². The van der Waals surface area contributed by atoms with Gasteiger partial charge in [0, 0.05) is 31.9 Å². The third kappa shape index (κ3) is 4.54. The van der Waals surface area contributed by atoms with Gasteiger partial charge in [-0.1, -0.05) is 0 Å². The van der Waals surface area contributed by atoms with Gasteiger partial charge in [0.2, 0.25) is 5.82 Å². The number of likely N-dealkylation sites (tertiary alicyclic amines) is 1. The van der Waals surface area contributed by atoms with Crippen LogP contribution in [0.15, 0.2) is 46.5 Å². The van der Waals surface area contributed by atoms with Gasteiger partial charge < -0.3 is 15.4 Å². The number of aliphatic imine (C=N–C) groups is 1. The van der Waals surface area contributed by atoms with Gasteiger partial charge in [0.1, 0.15) is 23.5 Å². The summed E-state index contributed by atoms with van der Waals surface area (Å²) in [4.78, 5) is 25.5. The summed E-state index contributed by atoms with van der Waals surface area (Å²) >= 11 is 0. The molecule has 2 aliphatic rings. The minimum absolute atomic E-state index is 0.0830. The SMILES string of the molecule is CN=C(C(F)=CN)c1ncc(F)c(OC2CN(C(=O)N3N=CC[C@H]3c3cc(F)cc(F)c3)C2)n1. The van der Waals surface area contributed by atoms with E-state index in [1.54, 1.807) is 0 Å². The van der Waals surface area contributed by atoms with Crippen molar-refractivity contribution >= 4 is 18.0 Å². The largest absolute Gasteiger partial charge is 0.468 e. The molecule has 0 saturated carbocycles. The summed E-state index contributed by atoms with van der Waals surface area (Å²) in [6, 6.07) is 1.89. The predicted octanol–water partition coefficient (Wildman–Crippen LogP) is 2.70. The summed E-state index contributed by atoms with van der Waals surface area (Å²) in [7, 11) is 1.30. The molecule has 2 aromatic rings. The van der Waals surface area contributed by atoms with Gasteiger partial charge in [-0.15, -0.1) is 0 Å². The molecule has 2 amide bonds. The number of hydrogen-bond donors (Lipinski definition) is 1. The number of ether oxygens (including phenoxy) is 1. The van der Waals surface area contributed by atoms with Gasteiger partial charge in [-0.3, -0.25) is 4.99 Å². The molecule has 1 fully saturated rings. The van der Waals surface area contributed by atoms with E-state index in [1.807, 2.05) is 0 Å². The normalized spacial score (nSPS) is 18.9. The molecule has 0 radical (unpaired) electrons. The number of halogens is 4. The second-order valence-electron chi connectivity index (χ2n) is 7.46. The first-order valence-corrected chi connectivity index (χ1v) is 10.1. The van der Waals surface area contributed by atoms with Gasteiger partial charge in [0.25, 0.3) is 5.88 Å². The average molecular weight is 477 g/mol. The number of nitrogens with two attached hydrogens (primary N) is 1. The van der Waals surface area contributed by atoms with Crippen LogP contribution in [0.4, 0.5) is 22.4 Å². The molecule has 0 unspecified atom stereocenters. The lowest BCUT2D eigenvalue weighted by molar-refractivity contribution is 0.0229. The molecule has 0 spiro atoms. The third-order valence-corrected chi connectivity index (χ3v) is 5.21. The van der Waals surface area contributed by atoms with E-state index < -0.39 is 47.3 Å². The zero-order valence-corrected chi connectivity index (χ0v) is 17.8. The van der Waals surface area contributed by atoms with E-state index >= 15 is 0 Å². The van der Waals surface area contributed by atoms with Crippen LogP contribution in [0.2, 0.25) is 0 Å². The molecular weight excluding hydrogens is 458 g/mol. The number of aromatic nitrogens is 2. The van der Waals surface area contributed by atoms with Crippen LogP contribution in [-0.2, 0) is 0 Å². The number of carbonyl (C=O) groups is 1. The maximum atomic E-state index is 14.2. The molecule has 2 aliphatic heterocycles. The van der Waals surface area contributed by atoms with Gasteiger partial charge in [-0.05, 0) is 17.7 Å². The fourth-order valence-corrected chi connectivity index (χ4v) is 3.56. The van der Waals surface area contributed by atoms with Crippen molar-refractivity contribution in [2.75, 3.05) is 20.1 Å². The fourth-order valence-electron chi connectivity index (χ4n) is 3.56. The number of urea groups is 1. The molecule has 34 heavy (non-hydrogen) atoms. The molecule has 0 aliphatic carbocycles. The molecule has 178 valence electrons. The highest BCUT2D eigenvalue weighted by Crippen LogP contribution is 2.31. The van der Waals surface area contributed by atoms with E-state index in [1.165, 1.54) is 18.2 Å². The molecule has 1 atom stereocenters. The fraction of sp³-hybridized carbons (Fsp3) is 0.286. The van der Waals surface area contributed by atoms with E-state index in [0.29, 0.717) is 12.6 Å². The van der Waals surface area contributed by atoms with E-state index in [0.717, 1.165) is 29.4 Å². The summed E-state index contributed by atoms with van der Waals surface area (Å²) < 4.78 is 60.7. The summed E-state index contributed by atoms with van der Waals surface area (Å²) in [5, 5.41) is 5.17. The van der Waals surface area contributed by atoms with Crippen LogP contribution < -0.4 is 10.5 Å². The highest BCUT2D eigenvalue weighted by atomic mass is 19.1. The molecule has 1 aromatic heterocycles. The smallest absolute Gasteiger partial charge is 0.341 e. The minimum atomic E-state index is -0.889. The molecule has 4 rings (SSSR count). The molecule has 1 saturated heterocycles. The number of allylic oxidation sites excluding steroid dienone is 1. The van der Waals surface area contributed by atoms with Crippen LogP contribution in [-0.4, -0.2) is 64.1 Å². The number of hydrogen-bond acceptors (Lipinski definition) is 7. The predicted molar refractivity (Wildman–Crippen MR) is 113 cm³/mol. The molecule has 1 aromatic carbocycles. The second-order valence-corrected chi connectivity index (χ2v) is 7.46. The maximum Gasteiger partial charge on any atom is 0.341 e. The standard InChI is InChI=1S/C21H19F4N7O2/c1-27-18(15(24)7-26)19-28-8-16(25)20(30-19)34-14-9-31(10-14)21(33)32-17(2-3-29-32)11-4-12(22)6-13(23)5-11/h3-8,14,17H,2,9-10,26H2,1H3/t17-/m0/s1. The second kappa shape index (κ2) is 9.45. The highest BCUT2D eigenvalue weighted by molar-refractivity contribution is 6.08. The van der Waals surface area contributed by atoms with Crippen molar-refractivity contribution in [1.29, 1.82) is 0 Å². The number of hydrazone groups is 1. The van der Waals surface area contributed by atoms with Gasteiger partial charge >= 0.3 is 6.03 Å². The zero-order valence-electron chi connectivity index (χ0n) is 17.8. The van der Waals surface area contributed by atoms with Crippen molar-refractivity contribution in [3.8, 4) is 5.88 Å². The first-order valence-electron chi connectivity index (χ1n) is 10.1. The minimum Gasteiger partial charge on any atom is -0.468 e. The van der Waals surface area contributed by atoms with Gasteiger partial charge in [-0.2, -0.15) is 14.5 Å². The van der Waals surface area contributed by atoms with E-state index in [4.69, 9.17) is 10.5 Å². The van der Waals surface area contributed by atoms with E-state index in [2.05, 4.69) is 20.1 Å². The molecule has 13 heteroatoms. The molecule has 3 heterocycles. The third-order valence-electron chi connectivity index (χ3n) is 5.21. The first-order chi connectivity index (χ1) is 16.3. The Morgan fingerprint density at radius 1 is 1.24 bits per heavy atom.